The Labute approximate surface area is 184 Å². The maximum atomic E-state index is 12.0. The van der Waals surface area contributed by atoms with Crippen LogP contribution in [-0.4, -0.2) is 10.7 Å². The monoisotopic (exact) mass is 410 g/mol. The lowest BCUT2D eigenvalue weighted by molar-refractivity contribution is 0.0137. The first-order valence-corrected chi connectivity index (χ1v) is 10.8. The number of nitrogens with two attached hydrogens (primary N) is 2. The van der Waals surface area contributed by atoms with Crippen LogP contribution in [-0.2, 0) is 19.4 Å². The number of hydrogen-bond donors (Lipinski definition) is 3. The molecule has 0 saturated heterocycles. The number of aryl methyl sites for hydroxylation is 1. The van der Waals surface area contributed by atoms with Gasteiger partial charge in [-0.05, 0) is 46.0 Å². The molecule has 0 heterocycles. The minimum Gasteiger partial charge on any atom is -0.387 e. The van der Waals surface area contributed by atoms with E-state index >= 15 is 0 Å². The number of fused-ring (bicyclic) bond motifs is 1. The van der Waals surface area contributed by atoms with E-state index in [1.165, 1.54) is 5.56 Å². The van der Waals surface area contributed by atoms with Gasteiger partial charge in [0.05, 0.1) is 11.6 Å². The van der Waals surface area contributed by atoms with Crippen LogP contribution in [0.4, 0.5) is 0 Å². The highest BCUT2D eigenvalue weighted by Gasteiger charge is 2.36. The van der Waals surface area contributed by atoms with Crippen LogP contribution < -0.4 is 11.5 Å². The summed E-state index contributed by atoms with van der Waals surface area (Å²) in [4.78, 5) is 0. The number of aliphatic hydroxyl groups is 1. The highest BCUT2D eigenvalue weighted by Crippen LogP contribution is 2.33. The number of rotatable bonds is 7. The van der Waals surface area contributed by atoms with E-state index in [0.717, 1.165) is 33.0 Å². The van der Waals surface area contributed by atoms with Gasteiger partial charge in [-0.1, -0.05) is 90.5 Å². The zero-order chi connectivity index (χ0) is 21.8. The Morgan fingerprint density at radius 3 is 2.10 bits per heavy atom. The minimum absolute atomic E-state index is 0.447. The molecule has 0 amide bonds. The average Bonchev–Trinajstić information content (AvgIpc) is 2.78. The molecule has 0 aliphatic heterocycles. The molecular formula is C28H30N2O. The third-order valence-electron chi connectivity index (χ3n) is 6.04. The van der Waals surface area contributed by atoms with Crippen molar-refractivity contribution in [1.29, 1.82) is 0 Å². The lowest BCUT2D eigenvalue weighted by Gasteiger charge is -2.35. The summed E-state index contributed by atoms with van der Waals surface area (Å²) < 4.78 is 0. The van der Waals surface area contributed by atoms with Gasteiger partial charge >= 0.3 is 0 Å². The summed E-state index contributed by atoms with van der Waals surface area (Å²) in [5, 5.41) is 14.3. The molecule has 0 aliphatic carbocycles. The Morgan fingerprint density at radius 2 is 1.39 bits per heavy atom. The van der Waals surface area contributed by atoms with Crippen LogP contribution in [0, 0.1) is 6.92 Å². The number of hydrogen-bond acceptors (Lipinski definition) is 3. The van der Waals surface area contributed by atoms with Crippen LogP contribution in [0.1, 0.15) is 33.9 Å². The quantitative estimate of drug-likeness (QED) is 0.409. The van der Waals surface area contributed by atoms with Crippen LogP contribution in [0.5, 0.6) is 0 Å². The summed E-state index contributed by atoms with van der Waals surface area (Å²) in [5.41, 5.74) is 16.8. The first-order valence-electron chi connectivity index (χ1n) is 10.8. The van der Waals surface area contributed by atoms with Gasteiger partial charge in [0, 0.05) is 19.4 Å². The van der Waals surface area contributed by atoms with Gasteiger partial charge < -0.3 is 16.6 Å². The van der Waals surface area contributed by atoms with Gasteiger partial charge in [0.15, 0.2) is 0 Å². The van der Waals surface area contributed by atoms with Gasteiger partial charge in [0.1, 0.15) is 0 Å². The third kappa shape index (κ3) is 4.86. The maximum Gasteiger partial charge on any atom is 0.0919 e. The topological polar surface area (TPSA) is 72.3 Å². The van der Waals surface area contributed by atoms with E-state index in [1.807, 2.05) is 42.5 Å². The molecule has 3 heteroatoms. The van der Waals surface area contributed by atoms with Crippen molar-refractivity contribution >= 4 is 10.8 Å². The molecule has 4 aromatic carbocycles. The lowest BCUT2D eigenvalue weighted by Crippen LogP contribution is -2.45. The fourth-order valence-corrected chi connectivity index (χ4v) is 4.39. The maximum absolute atomic E-state index is 12.0. The van der Waals surface area contributed by atoms with Gasteiger partial charge in [0.25, 0.3) is 0 Å². The second-order valence-electron chi connectivity index (χ2n) is 8.55. The summed E-state index contributed by atoms with van der Waals surface area (Å²) in [6.07, 6.45) is 0.915. The molecule has 0 radical (unpaired) electrons. The molecule has 0 aliphatic rings. The van der Waals surface area contributed by atoms with Crippen molar-refractivity contribution < 1.29 is 5.11 Å². The molecule has 0 saturated carbocycles. The third-order valence-corrected chi connectivity index (χ3v) is 6.04. The van der Waals surface area contributed by atoms with E-state index in [2.05, 4.69) is 55.5 Å². The molecule has 2 atom stereocenters. The van der Waals surface area contributed by atoms with Crippen LogP contribution in [0.15, 0.2) is 91.0 Å². The second-order valence-corrected chi connectivity index (χ2v) is 8.55. The summed E-state index contributed by atoms with van der Waals surface area (Å²) in [5.74, 6) is 0. The second kappa shape index (κ2) is 9.03. The van der Waals surface area contributed by atoms with Crippen molar-refractivity contribution in [1.82, 2.24) is 0 Å². The Morgan fingerprint density at radius 1 is 0.742 bits per heavy atom. The van der Waals surface area contributed by atoms with Crippen molar-refractivity contribution in [3.8, 4) is 0 Å². The van der Waals surface area contributed by atoms with Gasteiger partial charge in [-0.25, -0.2) is 0 Å². The minimum atomic E-state index is -1.15. The molecule has 4 rings (SSSR count). The average molecular weight is 411 g/mol. The highest BCUT2D eigenvalue weighted by atomic mass is 16.3. The summed E-state index contributed by atoms with van der Waals surface area (Å²) >= 11 is 0. The van der Waals surface area contributed by atoms with Crippen LogP contribution in [0.2, 0.25) is 0 Å². The van der Waals surface area contributed by atoms with Crippen LogP contribution in [0.3, 0.4) is 0 Å². The van der Waals surface area contributed by atoms with E-state index in [0.29, 0.717) is 19.4 Å². The molecule has 2 unspecified atom stereocenters. The van der Waals surface area contributed by atoms with Crippen molar-refractivity contribution in [2.24, 2.45) is 11.5 Å². The summed E-state index contributed by atoms with van der Waals surface area (Å²) in [6.45, 7) is 2.54. The van der Waals surface area contributed by atoms with E-state index in [1.54, 1.807) is 0 Å². The Bertz CT molecular complexity index is 1190. The lowest BCUT2D eigenvalue weighted by atomic mass is 9.79. The summed E-state index contributed by atoms with van der Waals surface area (Å²) in [6, 6.07) is 30.2. The van der Waals surface area contributed by atoms with Gasteiger partial charge in [-0.15, -0.1) is 0 Å². The Hall–Kier alpha value is -2.98. The van der Waals surface area contributed by atoms with Crippen molar-refractivity contribution in [2.75, 3.05) is 0 Å². The van der Waals surface area contributed by atoms with E-state index < -0.39 is 11.6 Å². The van der Waals surface area contributed by atoms with Crippen molar-refractivity contribution in [3.63, 3.8) is 0 Å². The molecule has 0 bridgehead atoms. The molecule has 31 heavy (non-hydrogen) atoms. The SMILES string of the molecule is Cc1cccc(CC(O)(Cc2cccc(CN)c2)C(N)c2ccc3ccccc3c2)c1. The Kier molecular flexibility index (Phi) is 6.19. The molecule has 0 aromatic heterocycles. The molecule has 4 aromatic rings. The van der Waals surface area contributed by atoms with E-state index in [-0.39, 0.29) is 0 Å². The first-order chi connectivity index (χ1) is 15.0. The largest absolute Gasteiger partial charge is 0.387 e. The van der Waals surface area contributed by atoms with Crippen LogP contribution in [0.25, 0.3) is 10.8 Å². The predicted octanol–water partition coefficient (Wildman–Crippen LogP) is 4.82. The molecule has 158 valence electrons. The fourth-order valence-electron chi connectivity index (χ4n) is 4.39. The molecule has 5 N–H and O–H groups in total. The molecule has 0 spiro atoms. The molecule has 3 nitrogen and oxygen atoms in total. The van der Waals surface area contributed by atoms with Gasteiger partial charge in [0.2, 0.25) is 0 Å². The normalized spacial score (nSPS) is 14.3. The fraction of sp³-hybridized carbons (Fsp3) is 0.214. The highest BCUT2D eigenvalue weighted by molar-refractivity contribution is 5.83. The summed E-state index contributed by atoms with van der Waals surface area (Å²) in [7, 11) is 0. The molecule has 0 fully saturated rings. The smallest absolute Gasteiger partial charge is 0.0919 e. The van der Waals surface area contributed by atoms with Crippen LogP contribution >= 0.6 is 0 Å². The standard InChI is InChI=1S/C28H30N2O/c1-20-6-4-7-21(14-20)17-28(31,18-22-8-5-9-23(15-22)19-29)27(30)26-13-12-24-10-2-3-11-25(24)16-26/h2-16,27,31H,17-19,29-30H2,1H3. The molecular weight excluding hydrogens is 380 g/mol. The van der Waals surface area contributed by atoms with Crippen molar-refractivity contribution in [2.45, 2.75) is 38.0 Å². The van der Waals surface area contributed by atoms with E-state index in [4.69, 9.17) is 11.5 Å². The van der Waals surface area contributed by atoms with Gasteiger partial charge in [-0.2, -0.15) is 0 Å². The Balaban J connectivity index is 1.73. The zero-order valence-corrected chi connectivity index (χ0v) is 18.0. The first kappa shape index (κ1) is 21.3. The zero-order valence-electron chi connectivity index (χ0n) is 18.0. The van der Waals surface area contributed by atoms with Gasteiger partial charge in [-0.3, -0.25) is 0 Å². The van der Waals surface area contributed by atoms with E-state index in [9.17, 15) is 5.11 Å². The number of benzene rings is 4. The predicted molar refractivity (Wildman–Crippen MR) is 129 cm³/mol. The van der Waals surface area contributed by atoms with Crippen molar-refractivity contribution in [3.05, 3.63) is 119 Å².